The third-order valence-corrected chi connectivity index (χ3v) is 6.12. The van der Waals surface area contributed by atoms with Crippen LogP contribution in [-0.4, -0.2) is 38.7 Å². The molecule has 194 valence electrons. The number of carbonyl (C=O) groups excluding carboxylic acids is 1. The Morgan fingerprint density at radius 2 is 1.77 bits per heavy atom. The summed E-state index contributed by atoms with van der Waals surface area (Å²) in [5.74, 6) is -1.01. The molecule has 35 heavy (non-hydrogen) atoms. The number of aromatic nitrogens is 1. The number of hydrogen-bond donors (Lipinski definition) is 2. The predicted molar refractivity (Wildman–Crippen MR) is 132 cm³/mol. The highest BCUT2D eigenvalue weighted by Gasteiger charge is 2.33. The van der Waals surface area contributed by atoms with Crippen LogP contribution >= 0.6 is 0 Å². The molecule has 11 heteroatoms. The van der Waals surface area contributed by atoms with Crippen LogP contribution in [0.3, 0.4) is 0 Å². The minimum Gasteiger partial charge on any atom is -0.369 e. The minimum atomic E-state index is -4.56. The second kappa shape index (κ2) is 11.7. The van der Waals surface area contributed by atoms with E-state index in [9.17, 15) is 26.4 Å². The van der Waals surface area contributed by atoms with Crippen molar-refractivity contribution in [1.82, 2.24) is 4.98 Å². The van der Waals surface area contributed by atoms with Gasteiger partial charge in [-0.05, 0) is 61.4 Å². The summed E-state index contributed by atoms with van der Waals surface area (Å²) in [5.41, 5.74) is 6.94. The zero-order valence-electron chi connectivity index (χ0n) is 20.4. The molecule has 0 aliphatic heterocycles. The Morgan fingerprint density at radius 1 is 1.14 bits per heavy atom. The van der Waals surface area contributed by atoms with Crippen LogP contribution < -0.4 is 15.4 Å². The van der Waals surface area contributed by atoms with Crippen molar-refractivity contribution < 1.29 is 26.4 Å². The lowest BCUT2D eigenvalue weighted by Gasteiger charge is -2.26. The molecule has 1 aromatic heterocycles. The van der Waals surface area contributed by atoms with Crippen LogP contribution in [0.2, 0.25) is 0 Å². The molecule has 0 aliphatic carbocycles. The van der Waals surface area contributed by atoms with Gasteiger partial charge in [-0.15, -0.1) is 0 Å². The van der Waals surface area contributed by atoms with Crippen molar-refractivity contribution in [2.45, 2.75) is 58.5 Å². The van der Waals surface area contributed by atoms with Gasteiger partial charge in [0.15, 0.2) is 0 Å². The summed E-state index contributed by atoms with van der Waals surface area (Å²) < 4.78 is 65.6. The summed E-state index contributed by atoms with van der Waals surface area (Å²) in [6.07, 6.45) is -1.47. The van der Waals surface area contributed by atoms with Gasteiger partial charge in [-0.1, -0.05) is 32.0 Å². The van der Waals surface area contributed by atoms with E-state index in [2.05, 4.69) is 9.71 Å². The number of nitrogens with zero attached hydrogens (tertiary/aromatic N) is 2. The molecule has 1 heterocycles. The summed E-state index contributed by atoms with van der Waals surface area (Å²) in [6.45, 7) is 6.72. The van der Waals surface area contributed by atoms with Crippen molar-refractivity contribution in [3.63, 3.8) is 0 Å². The van der Waals surface area contributed by atoms with E-state index in [1.165, 1.54) is 6.07 Å². The number of nitrogens with one attached hydrogen (secondary N) is 1. The summed E-state index contributed by atoms with van der Waals surface area (Å²) in [7, 11) is -3.47. The van der Waals surface area contributed by atoms with E-state index in [1.807, 2.05) is 18.7 Å². The summed E-state index contributed by atoms with van der Waals surface area (Å²) >= 11 is 0. The Labute approximate surface area is 205 Å². The lowest BCUT2D eigenvalue weighted by molar-refractivity contribution is -0.141. The number of benzene rings is 1. The quantitative estimate of drug-likeness (QED) is 0.430. The first-order chi connectivity index (χ1) is 16.3. The van der Waals surface area contributed by atoms with E-state index in [4.69, 9.17) is 5.73 Å². The number of halogens is 3. The molecular formula is C24H33F3N4O3S. The molecule has 0 saturated heterocycles. The van der Waals surface area contributed by atoms with Gasteiger partial charge in [-0.25, -0.2) is 13.4 Å². The second-order valence-electron chi connectivity index (χ2n) is 8.61. The predicted octanol–water partition coefficient (Wildman–Crippen LogP) is 4.61. The molecule has 7 nitrogen and oxygen atoms in total. The number of pyridine rings is 1. The van der Waals surface area contributed by atoms with Crippen molar-refractivity contribution in [2.24, 2.45) is 5.73 Å². The maximum Gasteiger partial charge on any atom is 0.433 e. The third kappa shape index (κ3) is 8.12. The van der Waals surface area contributed by atoms with Gasteiger partial charge < -0.3 is 10.6 Å². The van der Waals surface area contributed by atoms with Gasteiger partial charge in [0.05, 0.1) is 17.9 Å². The number of hydrogen-bond acceptors (Lipinski definition) is 5. The highest BCUT2D eigenvalue weighted by atomic mass is 32.2. The summed E-state index contributed by atoms with van der Waals surface area (Å²) in [5, 5.41) is 0. The standard InChI is InChI=1S/C24H33F3N4O3S/c1-5-13-31(14-6-2)23-17(9-12-21(29-23)24(25,26)27)7-10-19(22(28)32)18-8-11-20(16(3)15-18)30-35(4,33)34/h8-9,11-12,15,19,30H,5-7,10,13-14H2,1-4H3,(H2,28,32). The number of nitrogens with two attached hydrogens (primary N) is 1. The van der Waals surface area contributed by atoms with Crippen molar-refractivity contribution in [2.75, 3.05) is 29.0 Å². The van der Waals surface area contributed by atoms with Gasteiger partial charge in [0.1, 0.15) is 11.5 Å². The SMILES string of the molecule is CCCN(CCC)c1nc(C(F)(F)F)ccc1CCC(C(N)=O)c1ccc(NS(C)(=O)=O)c(C)c1. The van der Waals surface area contributed by atoms with E-state index < -0.39 is 33.7 Å². The average Bonchev–Trinajstić information content (AvgIpc) is 2.74. The molecule has 1 atom stereocenters. The van der Waals surface area contributed by atoms with Crippen LogP contribution in [-0.2, 0) is 27.4 Å². The Balaban J connectivity index is 2.38. The zero-order valence-corrected chi connectivity index (χ0v) is 21.3. The number of alkyl halides is 3. The topological polar surface area (TPSA) is 105 Å². The molecule has 2 rings (SSSR count). The molecule has 1 unspecified atom stereocenters. The molecule has 2 aromatic rings. The maximum atomic E-state index is 13.4. The van der Waals surface area contributed by atoms with Crippen LogP contribution in [0.1, 0.15) is 61.4 Å². The van der Waals surface area contributed by atoms with E-state index in [-0.39, 0.29) is 12.2 Å². The van der Waals surface area contributed by atoms with Gasteiger partial charge in [-0.3, -0.25) is 9.52 Å². The number of anilines is 2. The van der Waals surface area contributed by atoms with Crippen LogP contribution in [0, 0.1) is 6.92 Å². The number of primary amides is 1. The molecule has 0 aliphatic rings. The van der Waals surface area contributed by atoms with Crippen LogP contribution in [0.4, 0.5) is 24.7 Å². The number of aryl methyl sites for hydroxylation is 2. The molecule has 3 N–H and O–H groups in total. The van der Waals surface area contributed by atoms with Gasteiger partial charge in [0.2, 0.25) is 15.9 Å². The zero-order chi connectivity index (χ0) is 26.4. The Kier molecular flexibility index (Phi) is 9.53. The number of sulfonamides is 1. The van der Waals surface area contributed by atoms with Crippen molar-refractivity contribution in [1.29, 1.82) is 0 Å². The van der Waals surface area contributed by atoms with Crippen LogP contribution in [0.25, 0.3) is 0 Å². The summed E-state index contributed by atoms with van der Waals surface area (Å²) in [6, 6.07) is 7.27. The van der Waals surface area contributed by atoms with Crippen LogP contribution in [0.15, 0.2) is 30.3 Å². The second-order valence-corrected chi connectivity index (χ2v) is 10.4. The van der Waals surface area contributed by atoms with Gasteiger partial charge >= 0.3 is 6.18 Å². The van der Waals surface area contributed by atoms with E-state index in [0.29, 0.717) is 41.9 Å². The van der Waals surface area contributed by atoms with Crippen molar-refractivity contribution in [3.05, 3.63) is 52.7 Å². The fraction of sp³-hybridized carbons (Fsp3) is 0.500. The Bertz CT molecular complexity index is 1130. The molecule has 1 aromatic carbocycles. The summed E-state index contributed by atoms with van der Waals surface area (Å²) in [4.78, 5) is 18.1. The highest BCUT2D eigenvalue weighted by Crippen LogP contribution is 2.33. The maximum absolute atomic E-state index is 13.4. The van der Waals surface area contributed by atoms with E-state index in [1.54, 1.807) is 25.1 Å². The van der Waals surface area contributed by atoms with Gasteiger partial charge in [0, 0.05) is 13.1 Å². The highest BCUT2D eigenvalue weighted by molar-refractivity contribution is 7.92. The monoisotopic (exact) mass is 514 g/mol. The van der Waals surface area contributed by atoms with E-state index >= 15 is 0 Å². The number of carbonyl (C=O) groups is 1. The van der Waals surface area contributed by atoms with Crippen molar-refractivity contribution >= 4 is 27.4 Å². The first-order valence-corrected chi connectivity index (χ1v) is 13.4. The molecule has 0 saturated carbocycles. The fourth-order valence-corrected chi connectivity index (χ4v) is 4.59. The normalized spacial score (nSPS) is 12.9. The molecule has 1 amide bonds. The minimum absolute atomic E-state index is 0.264. The smallest absolute Gasteiger partial charge is 0.369 e. The largest absolute Gasteiger partial charge is 0.433 e. The van der Waals surface area contributed by atoms with Gasteiger partial charge in [0.25, 0.3) is 0 Å². The number of rotatable bonds is 12. The number of amides is 1. The van der Waals surface area contributed by atoms with Crippen molar-refractivity contribution in [3.8, 4) is 0 Å². The molecule has 0 radical (unpaired) electrons. The molecule has 0 fully saturated rings. The lowest BCUT2D eigenvalue weighted by Crippen LogP contribution is -2.28. The molecule has 0 bridgehead atoms. The average molecular weight is 515 g/mol. The first kappa shape index (κ1) is 28.4. The Morgan fingerprint density at radius 3 is 2.26 bits per heavy atom. The molecular weight excluding hydrogens is 481 g/mol. The lowest BCUT2D eigenvalue weighted by atomic mass is 9.90. The van der Waals surface area contributed by atoms with Gasteiger partial charge in [-0.2, -0.15) is 13.2 Å². The van der Waals surface area contributed by atoms with Crippen LogP contribution in [0.5, 0.6) is 0 Å². The Hall–Kier alpha value is -2.82. The fourth-order valence-electron chi connectivity index (χ4n) is 3.96. The van der Waals surface area contributed by atoms with E-state index in [0.717, 1.165) is 25.2 Å². The third-order valence-electron chi connectivity index (χ3n) is 5.53. The molecule has 0 spiro atoms. The first-order valence-electron chi connectivity index (χ1n) is 11.5.